The van der Waals surface area contributed by atoms with Crippen molar-refractivity contribution in [1.29, 1.82) is 0 Å². The summed E-state index contributed by atoms with van der Waals surface area (Å²) < 4.78 is 30.7. The Kier molecular flexibility index (Phi) is 10.2. The minimum atomic E-state index is -0.171. The van der Waals surface area contributed by atoms with Crippen LogP contribution in [0.15, 0.2) is 82.9 Å². The molecule has 2 saturated heterocycles. The first-order valence-electron chi connectivity index (χ1n) is 21.0. The lowest BCUT2D eigenvalue weighted by Crippen LogP contribution is -2.26. The maximum atomic E-state index is 13.3. The number of halogens is 2. The first kappa shape index (κ1) is 39.7. The first-order valence-corrected chi connectivity index (χ1v) is 21.8. The average Bonchev–Trinajstić information content (AvgIpc) is 4.12. The van der Waals surface area contributed by atoms with Crippen LogP contribution >= 0.6 is 23.2 Å². The zero-order valence-corrected chi connectivity index (χ0v) is 35.3. The van der Waals surface area contributed by atoms with Crippen LogP contribution < -0.4 is 25.6 Å². The molecule has 4 aliphatic rings. The van der Waals surface area contributed by atoms with E-state index in [4.69, 9.17) is 42.1 Å². The Morgan fingerprint density at radius 1 is 0.667 bits per heavy atom. The summed E-state index contributed by atoms with van der Waals surface area (Å²) in [5.74, 6) is 1.83. The second-order valence-corrected chi connectivity index (χ2v) is 17.2. The number of rotatable bonds is 10. The molecule has 2 atom stereocenters. The van der Waals surface area contributed by atoms with Gasteiger partial charge in [0, 0.05) is 47.2 Å². The molecule has 2 aliphatic carbocycles. The molecule has 8 heterocycles. The van der Waals surface area contributed by atoms with Crippen molar-refractivity contribution in [3.63, 3.8) is 0 Å². The van der Waals surface area contributed by atoms with E-state index < -0.39 is 0 Å². The molecule has 0 amide bonds. The van der Waals surface area contributed by atoms with Gasteiger partial charge in [-0.15, -0.1) is 0 Å². The summed E-state index contributed by atoms with van der Waals surface area (Å²) in [5.41, 5.74) is 4.06. The van der Waals surface area contributed by atoms with E-state index in [1.807, 2.05) is 22.8 Å². The highest BCUT2D eigenvalue weighted by atomic mass is 35.5. The van der Waals surface area contributed by atoms with Crippen molar-refractivity contribution in [2.75, 3.05) is 26.4 Å². The van der Waals surface area contributed by atoms with Crippen molar-refractivity contribution >= 4 is 67.1 Å². The Morgan fingerprint density at radius 3 is 1.70 bits per heavy atom. The van der Waals surface area contributed by atoms with E-state index in [0.29, 0.717) is 81.2 Å². The topological polar surface area (TPSA) is 182 Å². The molecule has 2 saturated carbocycles. The van der Waals surface area contributed by atoms with Gasteiger partial charge in [0.25, 0.3) is 0 Å². The number of imidazole rings is 2. The fraction of sp³-hybridized carbons (Fsp3) is 0.364. The second kappa shape index (κ2) is 16.2. The van der Waals surface area contributed by atoms with Crippen LogP contribution in [0.25, 0.3) is 43.9 Å². The van der Waals surface area contributed by atoms with Gasteiger partial charge in [0.15, 0.2) is 17.8 Å². The van der Waals surface area contributed by atoms with E-state index in [0.717, 1.165) is 65.8 Å². The van der Waals surface area contributed by atoms with Gasteiger partial charge in [0.2, 0.25) is 18.0 Å². The summed E-state index contributed by atoms with van der Waals surface area (Å²) in [7, 11) is 0. The zero-order valence-electron chi connectivity index (χ0n) is 33.8. The van der Waals surface area contributed by atoms with Gasteiger partial charge >= 0.3 is 11.4 Å². The number of hydrogen-bond donors (Lipinski definition) is 0. The molecule has 2 aromatic carbocycles. The second-order valence-electron chi connectivity index (χ2n) is 16.3. The normalized spacial score (nSPS) is 18.7. The van der Waals surface area contributed by atoms with Gasteiger partial charge in [-0.2, -0.15) is 14.7 Å². The third-order valence-electron chi connectivity index (χ3n) is 11.7. The van der Waals surface area contributed by atoms with Gasteiger partial charge < -0.3 is 24.2 Å². The molecule has 0 radical (unpaired) electrons. The van der Waals surface area contributed by atoms with Crippen molar-refractivity contribution in [3.05, 3.63) is 121 Å². The smallest absolute Gasteiger partial charge is 0.329 e. The summed E-state index contributed by atoms with van der Waals surface area (Å²) in [5, 5.41) is 14.6. The molecule has 4 fully saturated rings. The van der Waals surface area contributed by atoms with E-state index in [-0.39, 0.29) is 48.8 Å². The van der Waals surface area contributed by atoms with E-state index in [1.54, 1.807) is 56.4 Å². The molecule has 0 spiro atoms. The number of ether oxygens (including phenoxy) is 4. The maximum absolute atomic E-state index is 13.3. The Balaban J connectivity index is 0.000000141. The summed E-state index contributed by atoms with van der Waals surface area (Å²) in [4.78, 5) is 49.4. The standard InChI is InChI=1S/C22H20ClN5O4.C22H20ClN5O3/c23-13-1-4-16-17(9-13)24-20(25-21(16)32-15-6-8-31-12-15)11-27-19-10-26(30)7-5-18(19)28(22(27)29)14-2-3-14;23-13-1-4-16-17(9-13)25-20(26-21(16)31-15-6-8-30-12-15)11-27-19-10-24-7-5-18(19)28(22(27)29)14-2-3-14/h1,4-5,7,9-10,14-15H,2-3,6,8,11-12H2;1,4-5,7,9-10,14-15H,2-3,6,8,11-12H2. The van der Waals surface area contributed by atoms with Gasteiger partial charge in [0.1, 0.15) is 17.7 Å². The molecule has 63 heavy (non-hydrogen) atoms. The van der Waals surface area contributed by atoms with Crippen molar-refractivity contribution in [1.82, 2.24) is 43.2 Å². The fourth-order valence-corrected chi connectivity index (χ4v) is 8.71. The number of nitrogens with zero attached hydrogens (tertiary/aromatic N) is 10. The molecule has 0 N–H and O–H groups in total. The van der Waals surface area contributed by atoms with Crippen LogP contribution in [-0.4, -0.2) is 81.8 Å². The predicted octanol–water partition coefficient (Wildman–Crippen LogP) is 5.93. The lowest BCUT2D eigenvalue weighted by atomic mass is 10.2. The first-order chi connectivity index (χ1) is 30.7. The van der Waals surface area contributed by atoms with Crippen molar-refractivity contribution in [2.45, 2.75) is 75.9 Å². The molecule has 17 nitrogen and oxygen atoms in total. The van der Waals surface area contributed by atoms with Crippen LogP contribution in [0.2, 0.25) is 10.0 Å². The summed E-state index contributed by atoms with van der Waals surface area (Å²) >= 11 is 12.4. The predicted molar refractivity (Wildman–Crippen MR) is 233 cm³/mol. The van der Waals surface area contributed by atoms with Crippen LogP contribution in [-0.2, 0) is 22.6 Å². The largest absolute Gasteiger partial charge is 0.619 e. The molecule has 8 aromatic rings. The van der Waals surface area contributed by atoms with Crippen LogP contribution in [0.4, 0.5) is 0 Å². The molecular formula is C44H40Cl2N10O7. The number of fused-ring (bicyclic) bond motifs is 4. The van der Waals surface area contributed by atoms with Gasteiger partial charge in [0.05, 0.1) is 84.1 Å². The van der Waals surface area contributed by atoms with Gasteiger partial charge in [-0.05, 0) is 68.1 Å². The highest BCUT2D eigenvalue weighted by Gasteiger charge is 2.31. The minimum Gasteiger partial charge on any atom is -0.619 e. The molecule has 12 rings (SSSR count). The molecule has 322 valence electrons. The summed E-state index contributed by atoms with van der Waals surface area (Å²) in [6.07, 6.45) is 11.7. The van der Waals surface area contributed by atoms with Gasteiger partial charge in [-0.1, -0.05) is 23.2 Å². The maximum Gasteiger partial charge on any atom is 0.329 e. The molecule has 19 heteroatoms. The molecule has 2 aliphatic heterocycles. The zero-order chi connectivity index (χ0) is 42.8. The number of pyridine rings is 2. The Bertz CT molecular complexity index is 3180. The quantitative estimate of drug-likeness (QED) is 0.117. The Morgan fingerprint density at radius 2 is 1.19 bits per heavy atom. The molecular weight excluding hydrogens is 851 g/mol. The van der Waals surface area contributed by atoms with Crippen molar-refractivity contribution in [2.24, 2.45) is 0 Å². The average molecular weight is 892 g/mol. The minimum absolute atomic E-state index is 0.0506. The van der Waals surface area contributed by atoms with Crippen LogP contribution in [0.1, 0.15) is 62.3 Å². The van der Waals surface area contributed by atoms with E-state index in [9.17, 15) is 14.8 Å². The lowest BCUT2D eigenvalue weighted by molar-refractivity contribution is -0.604. The third-order valence-corrected chi connectivity index (χ3v) is 12.2. The summed E-state index contributed by atoms with van der Waals surface area (Å²) in [6.45, 7) is 2.70. The van der Waals surface area contributed by atoms with Crippen LogP contribution in [0.3, 0.4) is 0 Å². The number of aromatic nitrogens is 10. The highest BCUT2D eigenvalue weighted by Crippen LogP contribution is 2.37. The Hall–Kier alpha value is -6.14. The SMILES string of the molecule is O=c1n(Cc2nc(OC3CCOC3)c3ccc(Cl)cc3n2)c2c[n+]([O-])ccc2n1C1CC1.O=c1n(Cc2nc(OC3CCOC3)c3ccc(Cl)cc3n2)c2cnccc2n1C1CC1. The molecule has 0 bridgehead atoms. The van der Waals surface area contributed by atoms with Crippen molar-refractivity contribution < 1.29 is 23.7 Å². The van der Waals surface area contributed by atoms with E-state index in [1.165, 1.54) is 12.4 Å². The molecule has 6 aromatic heterocycles. The van der Waals surface area contributed by atoms with Crippen LogP contribution in [0.5, 0.6) is 11.8 Å². The third kappa shape index (κ3) is 7.83. The van der Waals surface area contributed by atoms with Crippen molar-refractivity contribution in [3.8, 4) is 11.8 Å². The van der Waals surface area contributed by atoms with Crippen LogP contribution in [0, 0.1) is 5.21 Å². The van der Waals surface area contributed by atoms with E-state index >= 15 is 0 Å². The number of benzene rings is 2. The fourth-order valence-electron chi connectivity index (χ4n) is 8.38. The molecule has 2 unspecified atom stereocenters. The Labute approximate surface area is 368 Å². The van der Waals surface area contributed by atoms with Gasteiger partial charge in [-0.25, -0.2) is 19.6 Å². The van der Waals surface area contributed by atoms with E-state index in [2.05, 4.69) is 24.9 Å². The highest BCUT2D eigenvalue weighted by molar-refractivity contribution is 6.31. The lowest BCUT2D eigenvalue weighted by Gasteiger charge is -2.14. The van der Waals surface area contributed by atoms with Gasteiger partial charge in [-0.3, -0.25) is 23.3 Å². The number of hydrogen-bond acceptors (Lipinski definition) is 12. The summed E-state index contributed by atoms with van der Waals surface area (Å²) in [6, 6.07) is 14.8. The monoisotopic (exact) mass is 890 g/mol.